The number of hydrogen-bond donors (Lipinski definition) is 0. The van der Waals surface area contributed by atoms with E-state index in [4.69, 9.17) is 0 Å². The van der Waals surface area contributed by atoms with Gasteiger partial charge in [-0.3, -0.25) is 0 Å². The third-order valence-corrected chi connectivity index (χ3v) is 5.91. The highest BCUT2D eigenvalue weighted by Gasteiger charge is 2.66. The molecule has 5 unspecified atom stereocenters. The summed E-state index contributed by atoms with van der Waals surface area (Å²) in [5.41, 5.74) is 0.938. The molecule has 0 saturated heterocycles. The molecule has 4 aliphatic carbocycles. The van der Waals surface area contributed by atoms with E-state index in [1.165, 1.54) is 23.7 Å². The van der Waals surface area contributed by atoms with Crippen LogP contribution in [-0.4, -0.2) is 0 Å². The molecule has 0 aromatic rings. The van der Waals surface area contributed by atoms with E-state index in [1.807, 2.05) is 0 Å². The number of rotatable bonds is 0. The van der Waals surface area contributed by atoms with Gasteiger partial charge in [0.1, 0.15) is 0 Å². The minimum Gasteiger partial charge on any atom is -0.0527 e. The molecule has 66 valence electrons. The van der Waals surface area contributed by atoms with Crippen LogP contribution in [0.3, 0.4) is 0 Å². The summed E-state index contributed by atoms with van der Waals surface area (Å²) < 4.78 is 0. The van der Waals surface area contributed by atoms with Gasteiger partial charge in [-0.2, -0.15) is 0 Å². The Labute approximate surface area is 74.7 Å². The Morgan fingerprint density at radius 3 is 2.92 bits per heavy atom. The van der Waals surface area contributed by atoms with Crippen LogP contribution in [-0.2, 0) is 0 Å². The minimum atomic E-state index is 0.938. The van der Waals surface area contributed by atoms with Crippen LogP contribution >= 0.6 is 0 Å². The summed E-state index contributed by atoms with van der Waals surface area (Å²) in [5, 5.41) is 0. The third-order valence-electron chi connectivity index (χ3n) is 5.91. The quantitative estimate of drug-likeness (QED) is 0.513. The standard InChI is InChI=1S/C12H18/c1-2-9-6-8-7-12(9)5-4-10(8)11(12)3-1/h8-11H,1-7H2. The first kappa shape index (κ1) is 6.45. The summed E-state index contributed by atoms with van der Waals surface area (Å²) >= 11 is 0. The van der Waals surface area contributed by atoms with Gasteiger partial charge in [0.05, 0.1) is 0 Å². The molecular weight excluding hydrogens is 144 g/mol. The Morgan fingerprint density at radius 2 is 2.08 bits per heavy atom. The molecule has 0 radical (unpaired) electrons. The molecule has 1 spiro atoms. The van der Waals surface area contributed by atoms with E-state index in [1.54, 1.807) is 44.9 Å². The highest BCUT2D eigenvalue weighted by Crippen LogP contribution is 2.74. The summed E-state index contributed by atoms with van der Waals surface area (Å²) in [4.78, 5) is 0. The van der Waals surface area contributed by atoms with Gasteiger partial charge in [-0.25, -0.2) is 0 Å². The van der Waals surface area contributed by atoms with Crippen molar-refractivity contribution >= 4 is 0 Å². The lowest BCUT2D eigenvalue weighted by atomic mass is 9.62. The molecule has 3 bridgehead atoms. The van der Waals surface area contributed by atoms with Gasteiger partial charge >= 0.3 is 0 Å². The summed E-state index contributed by atoms with van der Waals surface area (Å²) in [7, 11) is 0. The molecule has 4 fully saturated rings. The van der Waals surface area contributed by atoms with Crippen molar-refractivity contribution in [3.63, 3.8) is 0 Å². The van der Waals surface area contributed by atoms with Crippen LogP contribution in [0.2, 0.25) is 0 Å². The average Bonchev–Trinajstić information content (AvgIpc) is 2.63. The maximum Gasteiger partial charge on any atom is -0.0235 e. The van der Waals surface area contributed by atoms with Crippen molar-refractivity contribution in [3.8, 4) is 0 Å². The average molecular weight is 162 g/mol. The predicted octanol–water partition coefficient (Wildman–Crippen LogP) is 3.22. The lowest BCUT2D eigenvalue weighted by Gasteiger charge is -2.43. The van der Waals surface area contributed by atoms with E-state index in [0.29, 0.717) is 0 Å². The molecule has 5 atom stereocenters. The van der Waals surface area contributed by atoms with E-state index >= 15 is 0 Å². The number of hydrogen-bond acceptors (Lipinski definition) is 0. The number of fused-ring (bicyclic) bond motifs is 2. The van der Waals surface area contributed by atoms with Crippen molar-refractivity contribution in [2.75, 3.05) is 0 Å². The van der Waals surface area contributed by atoms with Gasteiger partial charge in [0.2, 0.25) is 0 Å². The second-order valence-electron chi connectivity index (χ2n) is 5.87. The highest BCUT2D eigenvalue weighted by atomic mass is 14.7. The van der Waals surface area contributed by atoms with E-state index < -0.39 is 0 Å². The molecule has 0 amide bonds. The Balaban J connectivity index is 1.88. The molecule has 0 N–H and O–H groups in total. The molecule has 4 rings (SSSR count). The lowest BCUT2D eigenvalue weighted by Crippen LogP contribution is -2.35. The van der Waals surface area contributed by atoms with Crippen molar-refractivity contribution in [1.29, 1.82) is 0 Å². The Kier molecular flexibility index (Phi) is 0.946. The van der Waals surface area contributed by atoms with Crippen LogP contribution in [0.4, 0.5) is 0 Å². The van der Waals surface area contributed by atoms with E-state index in [9.17, 15) is 0 Å². The van der Waals surface area contributed by atoms with Crippen molar-refractivity contribution < 1.29 is 0 Å². The molecule has 12 heavy (non-hydrogen) atoms. The zero-order valence-electron chi connectivity index (χ0n) is 7.76. The zero-order chi connectivity index (χ0) is 7.76. The van der Waals surface area contributed by atoms with Gasteiger partial charge in [0.15, 0.2) is 0 Å². The molecule has 4 aliphatic rings. The van der Waals surface area contributed by atoms with Crippen molar-refractivity contribution in [2.24, 2.45) is 29.1 Å². The van der Waals surface area contributed by atoms with Gasteiger partial charge in [-0.05, 0) is 67.6 Å². The minimum absolute atomic E-state index is 0.938. The molecule has 0 nitrogen and oxygen atoms in total. The third kappa shape index (κ3) is 0.482. The van der Waals surface area contributed by atoms with Crippen molar-refractivity contribution in [1.82, 2.24) is 0 Å². The molecule has 0 heterocycles. The molecule has 0 aromatic carbocycles. The Morgan fingerprint density at radius 1 is 1.08 bits per heavy atom. The molecule has 0 aromatic heterocycles. The van der Waals surface area contributed by atoms with Crippen LogP contribution in [0.25, 0.3) is 0 Å². The maximum atomic E-state index is 1.66. The summed E-state index contributed by atoms with van der Waals surface area (Å²) in [6, 6.07) is 0. The second kappa shape index (κ2) is 1.76. The first-order valence-corrected chi connectivity index (χ1v) is 5.90. The predicted molar refractivity (Wildman–Crippen MR) is 48.7 cm³/mol. The normalized spacial score (nSPS) is 66.0. The van der Waals surface area contributed by atoms with Gasteiger partial charge in [0.25, 0.3) is 0 Å². The van der Waals surface area contributed by atoms with E-state index in [-0.39, 0.29) is 0 Å². The van der Waals surface area contributed by atoms with Gasteiger partial charge in [0, 0.05) is 0 Å². The van der Waals surface area contributed by atoms with Gasteiger partial charge in [-0.15, -0.1) is 0 Å². The highest BCUT2D eigenvalue weighted by molar-refractivity contribution is 5.15. The molecular formula is C12H18. The van der Waals surface area contributed by atoms with Crippen LogP contribution in [0.5, 0.6) is 0 Å². The van der Waals surface area contributed by atoms with Crippen LogP contribution in [0.15, 0.2) is 0 Å². The van der Waals surface area contributed by atoms with E-state index in [0.717, 1.165) is 5.41 Å². The summed E-state index contributed by atoms with van der Waals surface area (Å²) in [6.07, 6.45) is 11.3. The largest absolute Gasteiger partial charge is 0.0527 e. The van der Waals surface area contributed by atoms with Crippen LogP contribution in [0, 0.1) is 29.1 Å². The lowest BCUT2D eigenvalue weighted by molar-refractivity contribution is 0.0646. The molecule has 0 heteroatoms. The van der Waals surface area contributed by atoms with Crippen molar-refractivity contribution in [2.45, 2.75) is 44.9 Å². The second-order valence-corrected chi connectivity index (χ2v) is 5.87. The van der Waals surface area contributed by atoms with Crippen LogP contribution < -0.4 is 0 Å². The summed E-state index contributed by atoms with van der Waals surface area (Å²) in [5.74, 6) is 4.82. The van der Waals surface area contributed by atoms with Crippen LogP contribution in [0.1, 0.15) is 44.9 Å². The van der Waals surface area contributed by atoms with E-state index in [2.05, 4.69) is 0 Å². The fourth-order valence-electron chi connectivity index (χ4n) is 5.73. The SMILES string of the molecule is C1CC2CC3CC24CCC3C4C1. The Hall–Kier alpha value is 0. The smallest absolute Gasteiger partial charge is 0.0235 e. The molecule has 0 aliphatic heterocycles. The van der Waals surface area contributed by atoms with Gasteiger partial charge < -0.3 is 0 Å². The topological polar surface area (TPSA) is 0 Å². The van der Waals surface area contributed by atoms with Gasteiger partial charge in [-0.1, -0.05) is 6.42 Å². The monoisotopic (exact) mass is 162 g/mol. The first-order valence-electron chi connectivity index (χ1n) is 5.90. The van der Waals surface area contributed by atoms with Crippen molar-refractivity contribution in [3.05, 3.63) is 0 Å². The molecule has 4 saturated carbocycles. The first-order chi connectivity index (χ1) is 5.90. The maximum absolute atomic E-state index is 1.66. The fourth-order valence-corrected chi connectivity index (χ4v) is 5.73. The Bertz CT molecular complexity index is 232. The zero-order valence-corrected chi connectivity index (χ0v) is 7.76. The fraction of sp³-hybridized carbons (Fsp3) is 1.00. The summed E-state index contributed by atoms with van der Waals surface area (Å²) in [6.45, 7) is 0.